The molecule has 0 saturated carbocycles. The van der Waals surface area contributed by atoms with Crippen molar-refractivity contribution >= 4 is 15.8 Å². The number of likely N-dealkylation sites (tertiary alicyclic amines) is 1. The summed E-state index contributed by atoms with van der Waals surface area (Å²) in [7, 11) is -1.75. The Morgan fingerprint density at radius 2 is 2.00 bits per heavy atom. The summed E-state index contributed by atoms with van der Waals surface area (Å²) >= 11 is 0. The van der Waals surface area contributed by atoms with Crippen molar-refractivity contribution in [2.75, 3.05) is 26.0 Å². The molecular formula is C16H21NO4S. The first-order valence-electron chi connectivity index (χ1n) is 7.54. The van der Waals surface area contributed by atoms with Crippen LogP contribution in [0.1, 0.15) is 12.0 Å². The summed E-state index contributed by atoms with van der Waals surface area (Å²) in [6.45, 7) is 2.06. The third-order valence-corrected chi connectivity index (χ3v) is 7.12. The molecule has 3 rings (SSSR count). The van der Waals surface area contributed by atoms with Gasteiger partial charge in [0.15, 0.2) is 9.84 Å². The van der Waals surface area contributed by atoms with Crippen molar-refractivity contribution in [1.29, 1.82) is 0 Å². The molecule has 0 spiro atoms. The molecule has 5 nitrogen and oxygen atoms in total. The second kappa shape index (κ2) is 6.01. The van der Waals surface area contributed by atoms with E-state index in [1.165, 1.54) is 12.7 Å². The summed E-state index contributed by atoms with van der Waals surface area (Å²) in [5.74, 6) is -0.255. The Balaban J connectivity index is 1.71. The van der Waals surface area contributed by atoms with E-state index >= 15 is 0 Å². The standard InChI is InChI=1S/C16H21NO4S/c1-21-16(18)7-13-11-22(19,20)15-10-17(9-14(13)15)8-12-5-3-2-4-6-12/h2-6,13-15H,7-11H2,1H3/t13-,14+,15+/m0/s1. The highest BCUT2D eigenvalue weighted by Gasteiger charge is 2.52. The Labute approximate surface area is 131 Å². The minimum Gasteiger partial charge on any atom is -0.469 e. The highest BCUT2D eigenvalue weighted by molar-refractivity contribution is 7.92. The first-order chi connectivity index (χ1) is 10.5. The van der Waals surface area contributed by atoms with Crippen molar-refractivity contribution in [3.63, 3.8) is 0 Å². The maximum Gasteiger partial charge on any atom is 0.305 e. The predicted octanol–water partition coefficient (Wildman–Crippen LogP) is 1.09. The number of hydrogen-bond acceptors (Lipinski definition) is 5. The molecule has 2 aliphatic rings. The van der Waals surface area contributed by atoms with Crippen LogP contribution in [0, 0.1) is 11.8 Å². The lowest BCUT2D eigenvalue weighted by Crippen LogP contribution is -2.27. The van der Waals surface area contributed by atoms with E-state index in [-0.39, 0.29) is 35.2 Å². The number of sulfone groups is 1. The average Bonchev–Trinajstić information content (AvgIpc) is 3.00. The fourth-order valence-corrected chi connectivity index (χ4v) is 6.22. The molecule has 0 N–H and O–H groups in total. The number of fused-ring (bicyclic) bond motifs is 1. The normalized spacial score (nSPS) is 30.1. The summed E-state index contributed by atoms with van der Waals surface area (Å²) in [6, 6.07) is 10.0. The number of ether oxygens (including phenoxy) is 1. The molecule has 2 saturated heterocycles. The molecule has 0 bridgehead atoms. The fourth-order valence-electron chi connectivity index (χ4n) is 3.74. The molecule has 0 radical (unpaired) electrons. The van der Waals surface area contributed by atoms with E-state index in [4.69, 9.17) is 4.74 Å². The lowest BCUT2D eigenvalue weighted by atomic mass is 9.90. The first-order valence-corrected chi connectivity index (χ1v) is 9.26. The molecular weight excluding hydrogens is 302 g/mol. The molecule has 2 fully saturated rings. The lowest BCUT2D eigenvalue weighted by molar-refractivity contribution is -0.141. The smallest absolute Gasteiger partial charge is 0.305 e. The third kappa shape index (κ3) is 3.03. The van der Waals surface area contributed by atoms with Gasteiger partial charge in [-0.3, -0.25) is 9.69 Å². The van der Waals surface area contributed by atoms with Crippen LogP contribution in [0.5, 0.6) is 0 Å². The summed E-state index contributed by atoms with van der Waals surface area (Å²) in [5, 5.41) is -0.328. The van der Waals surface area contributed by atoms with Gasteiger partial charge in [0.2, 0.25) is 0 Å². The Bertz CT molecular complexity index is 643. The van der Waals surface area contributed by atoms with Crippen LogP contribution in [0.3, 0.4) is 0 Å². The van der Waals surface area contributed by atoms with Crippen LogP contribution in [-0.2, 0) is 25.9 Å². The average molecular weight is 323 g/mol. The number of benzene rings is 1. The van der Waals surface area contributed by atoms with Gasteiger partial charge in [0, 0.05) is 26.1 Å². The second-order valence-corrected chi connectivity index (χ2v) is 8.52. The molecule has 0 unspecified atom stereocenters. The largest absolute Gasteiger partial charge is 0.469 e. The van der Waals surface area contributed by atoms with E-state index in [0.717, 1.165) is 13.1 Å². The van der Waals surface area contributed by atoms with Crippen LogP contribution in [0.25, 0.3) is 0 Å². The third-order valence-electron chi connectivity index (χ3n) is 4.80. The van der Waals surface area contributed by atoms with Gasteiger partial charge in [-0.2, -0.15) is 0 Å². The Morgan fingerprint density at radius 3 is 2.68 bits per heavy atom. The predicted molar refractivity (Wildman–Crippen MR) is 82.9 cm³/mol. The van der Waals surface area contributed by atoms with Crippen LogP contribution in [-0.4, -0.2) is 50.5 Å². The zero-order valence-electron chi connectivity index (χ0n) is 12.6. The first kappa shape index (κ1) is 15.5. The van der Waals surface area contributed by atoms with Crippen molar-refractivity contribution < 1.29 is 17.9 Å². The van der Waals surface area contributed by atoms with Crippen LogP contribution in [0.2, 0.25) is 0 Å². The SMILES string of the molecule is COC(=O)C[C@H]1CS(=O)(=O)[C@@H]2CN(Cc3ccccc3)C[C@H]12. The molecule has 6 heteroatoms. The van der Waals surface area contributed by atoms with Gasteiger partial charge in [-0.1, -0.05) is 30.3 Å². The van der Waals surface area contributed by atoms with Crippen molar-refractivity contribution in [1.82, 2.24) is 4.90 Å². The van der Waals surface area contributed by atoms with Gasteiger partial charge in [-0.25, -0.2) is 8.42 Å². The molecule has 22 heavy (non-hydrogen) atoms. The van der Waals surface area contributed by atoms with Gasteiger partial charge in [0.05, 0.1) is 18.1 Å². The fraction of sp³-hybridized carbons (Fsp3) is 0.562. The molecule has 2 aliphatic heterocycles. The van der Waals surface area contributed by atoms with Gasteiger partial charge in [-0.05, 0) is 17.4 Å². The van der Waals surface area contributed by atoms with Gasteiger partial charge < -0.3 is 4.74 Å². The molecule has 2 heterocycles. The zero-order chi connectivity index (χ0) is 15.7. The highest BCUT2D eigenvalue weighted by Crippen LogP contribution is 2.40. The van der Waals surface area contributed by atoms with Crippen LogP contribution in [0.4, 0.5) is 0 Å². The lowest BCUT2D eigenvalue weighted by Gasteiger charge is -2.19. The van der Waals surface area contributed by atoms with Crippen LogP contribution < -0.4 is 0 Å². The van der Waals surface area contributed by atoms with Gasteiger partial charge in [-0.15, -0.1) is 0 Å². The molecule has 0 amide bonds. The quantitative estimate of drug-likeness (QED) is 0.776. The van der Waals surface area contributed by atoms with Gasteiger partial charge in [0.1, 0.15) is 0 Å². The zero-order valence-corrected chi connectivity index (χ0v) is 13.5. The maximum absolute atomic E-state index is 12.3. The number of methoxy groups -OCH3 is 1. The molecule has 1 aromatic rings. The van der Waals surface area contributed by atoms with E-state index in [1.807, 2.05) is 18.2 Å². The van der Waals surface area contributed by atoms with Crippen molar-refractivity contribution in [2.24, 2.45) is 11.8 Å². The highest BCUT2D eigenvalue weighted by atomic mass is 32.2. The number of hydrogen-bond donors (Lipinski definition) is 0. The number of nitrogens with zero attached hydrogens (tertiary/aromatic N) is 1. The summed E-state index contributed by atoms with van der Waals surface area (Å²) in [4.78, 5) is 13.7. The molecule has 3 atom stereocenters. The second-order valence-electron chi connectivity index (χ2n) is 6.25. The van der Waals surface area contributed by atoms with Crippen LogP contribution >= 0.6 is 0 Å². The molecule has 0 aliphatic carbocycles. The Kier molecular flexibility index (Phi) is 4.23. The summed E-state index contributed by atoms with van der Waals surface area (Å²) in [6.07, 6.45) is 0.204. The molecule has 120 valence electrons. The van der Waals surface area contributed by atoms with E-state index in [9.17, 15) is 13.2 Å². The minimum atomic E-state index is -3.10. The molecule has 0 aromatic heterocycles. The number of esters is 1. The number of carbonyl (C=O) groups is 1. The van der Waals surface area contributed by atoms with E-state index in [2.05, 4.69) is 17.0 Å². The maximum atomic E-state index is 12.3. The van der Waals surface area contributed by atoms with Crippen molar-refractivity contribution in [2.45, 2.75) is 18.2 Å². The number of carbonyl (C=O) groups excluding carboxylic acids is 1. The Hall–Kier alpha value is -1.40. The number of rotatable bonds is 4. The van der Waals surface area contributed by atoms with Gasteiger partial charge >= 0.3 is 5.97 Å². The van der Waals surface area contributed by atoms with E-state index < -0.39 is 9.84 Å². The van der Waals surface area contributed by atoms with Crippen molar-refractivity contribution in [3.8, 4) is 0 Å². The monoisotopic (exact) mass is 323 g/mol. The summed E-state index contributed by atoms with van der Waals surface area (Å²) in [5.41, 5.74) is 1.18. The van der Waals surface area contributed by atoms with Crippen molar-refractivity contribution in [3.05, 3.63) is 35.9 Å². The molecule has 1 aromatic carbocycles. The van der Waals surface area contributed by atoms with Crippen LogP contribution in [0.15, 0.2) is 30.3 Å². The Morgan fingerprint density at radius 1 is 1.27 bits per heavy atom. The van der Waals surface area contributed by atoms with E-state index in [0.29, 0.717) is 6.54 Å². The topological polar surface area (TPSA) is 63.7 Å². The minimum absolute atomic E-state index is 0.0489. The summed E-state index contributed by atoms with van der Waals surface area (Å²) < 4.78 is 29.4. The van der Waals surface area contributed by atoms with E-state index in [1.54, 1.807) is 0 Å². The van der Waals surface area contributed by atoms with Gasteiger partial charge in [0.25, 0.3) is 0 Å².